The van der Waals surface area contributed by atoms with Crippen molar-refractivity contribution in [3.05, 3.63) is 358 Å². The summed E-state index contributed by atoms with van der Waals surface area (Å²) in [5, 5.41) is 7.41. The number of hydrogen-bond donors (Lipinski definition) is 0. The van der Waals surface area contributed by atoms with Crippen molar-refractivity contribution in [2.75, 3.05) is 9.80 Å². The van der Waals surface area contributed by atoms with Crippen molar-refractivity contribution >= 4 is 66.4 Å². The van der Waals surface area contributed by atoms with Gasteiger partial charge in [-0.25, -0.2) is 0 Å². The van der Waals surface area contributed by atoms with Crippen molar-refractivity contribution < 1.29 is 0 Å². The van der Waals surface area contributed by atoms with Gasteiger partial charge in [0.2, 0.25) is 0 Å². The molecule has 0 fully saturated rings. The highest BCUT2D eigenvalue weighted by molar-refractivity contribution is 6.28. The first kappa shape index (κ1) is 56.9. The number of hydrogen-bond acceptors (Lipinski definition) is 2. The molecular weight excluding hydrogens is 1110 g/mol. The minimum absolute atomic E-state index is 0.127. The number of benzene rings is 14. The molecule has 0 spiro atoms. The topological polar surface area (TPSA) is 6.48 Å². The molecule has 92 heavy (non-hydrogen) atoms. The molecule has 0 atom stereocenters. The number of rotatable bonds is 14. The van der Waals surface area contributed by atoms with Gasteiger partial charge in [-0.2, -0.15) is 0 Å². The summed E-state index contributed by atoms with van der Waals surface area (Å²) in [6, 6.07) is 111. The molecule has 0 unspecified atom stereocenters. The summed E-state index contributed by atoms with van der Waals surface area (Å²) in [7, 11) is 0. The van der Waals surface area contributed by atoms with Crippen LogP contribution in [-0.2, 0) is 10.8 Å². The summed E-state index contributed by atoms with van der Waals surface area (Å²) < 4.78 is 0. The molecule has 0 amide bonds. The molecule has 2 nitrogen and oxygen atoms in total. The van der Waals surface area contributed by atoms with Gasteiger partial charge in [-0.3, -0.25) is 0 Å². The lowest BCUT2D eigenvalue weighted by atomic mass is 9.64. The average Bonchev–Trinajstić information content (AvgIpc) is 1.43. The molecule has 14 aromatic rings. The van der Waals surface area contributed by atoms with Gasteiger partial charge in [-0.15, -0.1) is 0 Å². The van der Waals surface area contributed by atoms with E-state index < -0.39 is 10.8 Å². The fraction of sp³-hybridized carbons (Fsp3) is 0.156. The minimum Gasteiger partial charge on any atom is -0.309 e. The zero-order chi connectivity index (χ0) is 62.6. The first-order valence-electron chi connectivity index (χ1n) is 33.3. The van der Waals surface area contributed by atoms with E-state index in [1.165, 1.54) is 133 Å². The van der Waals surface area contributed by atoms with Crippen molar-refractivity contribution in [1.82, 2.24) is 0 Å². The molecule has 0 aliphatic heterocycles. The van der Waals surface area contributed by atoms with E-state index in [2.05, 4.69) is 356 Å². The molecule has 0 bridgehead atoms. The Morgan fingerprint density at radius 1 is 0.250 bits per heavy atom. The van der Waals surface area contributed by atoms with Crippen LogP contribution >= 0.6 is 0 Å². The fourth-order valence-corrected chi connectivity index (χ4v) is 17.0. The summed E-state index contributed by atoms with van der Waals surface area (Å²) in [4.78, 5) is 5.31. The van der Waals surface area contributed by atoms with Crippen molar-refractivity contribution in [2.24, 2.45) is 0 Å². The van der Waals surface area contributed by atoms with Gasteiger partial charge in [-0.05, 0) is 171 Å². The molecule has 0 radical (unpaired) electrons. The van der Waals surface area contributed by atoms with Crippen LogP contribution in [0.5, 0.6) is 0 Å². The van der Waals surface area contributed by atoms with Crippen molar-refractivity contribution in [1.29, 1.82) is 0 Å². The first-order valence-corrected chi connectivity index (χ1v) is 33.3. The number of nitrogens with zero attached hydrogens (tertiary/aromatic N) is 2. The number of fused-ring (bicyclic) bond motifs is 6. The third-order valence-corrected chi connectivity index (χ3v) is 20.6. The highest BCUT2D eigenvalue weighted by Gasteiger charge is 2.50. The van der Waals surface area contributed by atoms with Crippen LogP contribution in [0.25, 0.3) is 54.6 Å². The van der Waals surface area contributed by atoms with E-state index in [9.17, 15) is 0 Å². The minimum atomic E-state index is -0.594. The Hall–Kier alpha value is -10.3. The molecule has 0 N–H and O–H groups in total. The Morgan fingerprint density at radius 3 is 0.859 bits per heavy atom. The maximum atomic E-state index is 2.65. The van der Waals surface area contributed by atoms with E-state index in [4.69, 9.17) is 0 Å². The van der Waals surface area contributed by atoms with Crippen LogP contribution in [0.2, 0.25) is 0 Å². The van der Waals surface area contributed by atoms with Crippen LogP contribution in [-0.4, -0.2) is 0 Å². The second-order valence-corrected chi connectivity index (χ2v) is 26.9. The molecule has 0 heterocycles. The zero-order valence-electron chi connectivity index (χ0n) is 53.9. The quantitative estimate of drug-likeness (QED) is 0.100. The second-order valence-electron chi connectivity index (χ2n) is 26.9. The summed E-state index contributed by atoms with van der Waals surface area (Å²) >= 11 is 0. The molecule has 2 heteroatoms. The van der Waals surface area contributed by atoms with Gasteiger partial charge >= 0.3 is 0 Å². The van der Waals surface area contributed by atoms with Crippen LogP contribution < -0.4 is 9.80 Å². The molecular formula is C90H76N2. The van der Waals surface area contributed by atoms with Crippen molar-refractivity contribution in [2.45, 2.75) is 89.9 Å². The summed E-state index contributed by atoms with van der Waals surface area (Å²) in [5.74, 6) is 0.663. The van der Waals surface area contributed by atoms with E-state index in [1.807, 2.05) is 0 Å². The van der Waals surface area contributed by atoms with Crippen molar-refractivity contribution in [3.63, 3.8) is 0 Å². The molecule has 16 rings (SSSR count). The lowest BCUT2D eigenvalue weighted by Gasteiger charge is -2.40. The average molecular weight is 1190 g/mol. The van der Waals surface area contributed by atoms with E-state index in [0.717, 1.165) is 22.7 Å². The molecule has 0 aromatic heterocycles. The van der Waals surface area contributed by atoms with E-state index in [1.54, 1.807) is 0 Å². The van der Waals surface area contributed by atoms with Gasteiger partial charge in [0.1, 0.15) is 0 Å². The number of para-hydroxylation sites is 2. The van der Waals surface area contributed by atoms with Crippen LogP contribution in [0.1, 0.15) is 146 Å². The third kappa shape index (κ3) is 8.32. The van der Waals surface area contributed by atoms with Crippen LogP contribution in [0, 0.1) is 0 Å². The smallest absolute Gasteiger partial charge is 0.0717 e. The summed E-state index contributed by atoms with van der Waals surface area (Å²) in [5.41, 5.74) is 26.9. The zero-order valence-corrected chi connectivity index (χ0v) is 53.9. The third-order valence-electron chi connectivity index (χ3n) is 20.6. The Kier molecular flexibility index (Phi) is 13.8. The second kappa shape index (κ2) is 22.3. The molecule has 14 aromatic carbocycles. The van der Waals surface area contributed by atoms with Crippen molar-refractivity contribution in [3.8, 4) is 22.3 Å². The van der Waals surface area contributed by atoms with Gasteiger partial charge in [0.05, 0.1) is 33.6 Å². The van der Waals surface area contributed by atoms with E-state index >= 15 is 0 Å². The van der Waals surface area contributed by atoms with Gasteiger partial charge in [0, 0.05) is 22.1 Å². The van der Waals surface area contributed by atoms with Crippen LogP contribution in [0.4, 0.5) is 34.1 Å². The highest BCUT2D eigenvalue weighted by Crippen LogP contribution is 2.62. The predicted molar refractivity (Wildman–Crippen MR) is 390 cm³/mol. The highest BCUT2D eigenvalue weighted by atomic mass is 15.2. The van der Waals surface area contributed by atoms with Crippen LogP contribution in [0.3, 0.4) is 0 Å². The molecule has 2 aliphatic carbocycles. The Balaban J connectivity index is 0.979. The van der Waals surface area contributed by atoms with Gasteiger partial charge in [0.25, 0.3) is 0 Å². The maximum absolute atomic E-state index is 2.65. The maximum Gasteiger partial charge on any atom is 0.0717 e. The number of anilines is 6. The predicted octanol–water partition coefficient (Wildman–Crippen LogP) is 24.7. The van der Waals surface area contributed by atoms with Crippen LogP contribution in [0.15, 0.2) is 291 Å². The SMILES string of the molecule is CC(C)c1ccc(C2(c3ccccc3)c3ccccc3-c3ccccc32)c(C(C)C)c1N(c1ccccc1)c1ccc2ccc3c(N(c4ccccc4)c4c(C(C)C)ccc(C5(c6ccccc6)c6ccccc6-c6ccccc65)c4C(C)C)ccc4ccc1c2c43. The van der Waals surface area contributed by atoms with E-state index in [0.29, 0.717) is 0 Å². The standard InChI is InChI=1S/C90H76N2/c1-57(2)67-51-53-79(89(63-29-13-9-14-30-63)75-41-25-21-37-69(75)70-38-22-26-42-76(70)89)83(59(5)6)87(67)91(65-33-17-11-18-34-65)81-55-47-61-46-50-74-82(56-48-62-45-49-73(81)85(61)86(62)74)92(66-35-19-12-20-36-66)88-68(58(3)4)52-54-80(84(88)60(7)8)90(64-31-15-10-16-32-64)77-43-27-23-39-71(77)72-40-24-28-44-78(72)90/h9-60H,1-8H3. The summed E-state index contributed by atoms with van der Waals surface area (Å²) in [6.07, 6.45) is 0. The lowest BCUT2D eigenvalue weighted by molar-refractivity contribution is 0.725. The molecule has 0 saturated heterocycles. The first-order chi connectivity index (χ1) is 45.0. The molecule has 446 valence electrons. The largest absolute Gasteiger partial charge is 0.309 e. The summed E-state index contributed by atoms with van der Waals surface area (Å²) in [6.45, 7) is 19.2. The van der Waals surface area contributed by atoms with E-state index in [-0.39, 0.29) is 23.7 Å². The normalized spacial score (nSPS) is 13.6. The van der Waals surface area contributed by atoms with Gasteiger partial charge in [0.15, 0.2) is 0 Å². The fourth-order valence-electron chi connectivity index (χ4n) is 17.0. The Morgan fingerprint density at radius 2 is 0.543 bits per heavy atom. The lowest BCUT2D eigenvalue weighted by Crippen LogP contribution is -2.31. The Bertz CT molecular complexity index is 4700. The molecule has 2 aliphatic rings. The monoisotopic (exact) mass is 1180 g/mol. The molecule has 0 saturated carbocycles. The Labute approximate surface area is 543 Å². The van der Waals surface area contributed by atoms with Gasteiger partial charge in [-0.1, -0.05) is 310 Å². The van der Waals surface area contributed by atoms with Gasteiger partial charge < -0.3 is 9.80 Å².